The Hall–Kier alpha value is -4.96. The second-order valence-electron chi connectivity index (χ2n) is 18.3. The number of benzene rings is 2. The number of para-hydroxylation sites is 2. The van der Waals surface area contributed by atoms with E-state index in [-0.39, 0.29) is 33.9 Å². The van der Waals surface area contributed by atoms with Crippen LogP contribution in [0.15, 0.2) is 108 Å². The number of thiophene rings is 3. The molecule has 5 aromatic rings. The zero-order chi connectivity index (χ0) is 44.5. The van der Waals surface area contributed by atoms with Crippen molar-refractivity contribution in [2.24, 2.45) is 11.8 Å². The van der Waals surface area contributed by atoms with E-state index in [0.717, 1.165) is 104 Å². The molecule has 0 radical (unpaired) electrons. The smallest absolute Gasteiger partial charge is 0.173 e. The molecular weight excluding hydrogens is 837 g/mol. The molecule has 2 atom stereocenters. The van der Waals surface area contributed by atoms with Gasteiger partial charge in [-0.1, -0.05) is 105 Å². The van der Waals surface area contributed by atoms with Crippen LogP contribution in [0.2, 0.25) is 0 Å². The summed E-state index contributed by atoms with van der Waals surface area (Å²) in [5, 5.41) is 27.8. The first kappa shape index (κ1) is 43.3. The molecule has 2 aliphatic carbocycles. The van der Waals surface area contributed by atoms with Gasteiger partial charge >= 0.3 is 0 Å². The third-order valence-corrected chi connectivity index (χ3v) is 17.6. The Bertz CT molecular complexity index is 2600. The highest BCUT2D eigenvalue weighted by molar-refractivity contribution is 7.27. The molecule has 3 aromatic heterocycles. The van der Waals surface area contributed by atoms with Crippen molar-refractivity contribution in [3.8, 4) is 19.5 Å². The number of rotatable bonds is 14. The number of hydrogen-bond acceptors (Lipinski definition) is 9. The summed E-state index contributed by atoms with van der Waals surface area (Å²) >= 11 is 4.76. The van der Waals surface area contributed by atoms with Gasteiger partial charge in [-0.3, -0.25) is 9.59 Å². The first-order valence-corrected chi connectivity index (χ1v) is 25.2. The van der Waals surface area contributed by atoms with Gasteiger partial charge in [0.25, 0.3) is 0 Å². The minimum absolute atomic E-state index is 0.104. The van der Waals surface area contributed by atoms with Gasteiger partial charge in [-0.15, -0.1) is 45.5 Å². The average Bonchev–Trinajstić information content (AvgIpc) is 4.10. The molecular formula is C54H56N2O4S3-2. The van der Waals surface area contributed by atoms with Crippen molar-refractivity contribution in [2.45, 2.75) is 105 Å². The number of unbranched alkanes of at least 4 members (excludes halogenated alkanes) is 2. The number of anilines is 2. The predicted octanol–water partition coefficient (Wildman–Crippen LogP) is 11.8. The fraction of sp³-hybridized carbons (Fsp3) is 0.370. The van der Waals surface area contributed by atoms with Crippen molar-refractivity contribution < 1.29 is 19.8 Å². The summed E-state index contributed by atoms with van der Waals surface area (Å²) in [5.41, 5.74) is 9.35. The molecule has 0 N–H and O–H groups in total. The zero-order valence-electron chi connectivity index (χ0n) is 37.6. The van der Waals surface area contributed by atoms with Crippen LogP contribution in [-0.4, -0.2) is 24.7 Å². The average molecular weight is 893 g/mol. The van der Waals surface area contributed by atoms with Gasteiger partial charge in [-0.05, 0) is 96.5 Å². The quantitative estimate of drug-likeness (QED) is 0.110. The van der Waals surface area contributed by atoms with Crippen LogP contribution in [0.3, 0.4) is 0 Å². The summed E-state index contributed by atoms with van der Waals surface area (Å²) in [6.07, 6.45) is 9.70. The molecule has 0 bridgehead atoms. The molecule has 0 amide bonds. The summed E-state index contributed by atoms with van der Waals surface area (Å²) in [7, 11) is 0. The zero-order valence-corrected chi connectivity index (χ0v) is 40.1. The first-order valence-electron chi connectivity index (χ1n) is 22.7. The Morgan fingerprint density at radius 2 is 0.937 bits per heavy atom. The molecule has 2 unspecified atom stereocenters. The standard InChI is InChI=1S/C54H58N2O4S3/c1-9-13-27-55-37-21-17-15-19-35(37)53(5,6)43(55)29-33-47(57)45(48(33)58)39-23-25-41(61-39)51-31(11-3)32(12-4)52(63-51)42-26-24-40(62-42)46-49(59)34(50(46)60)30-44-54(7,8)36-20-16-18-22-38(36)56(44)28-14-10-2/h15-26,29-30,33-34,57,59H,9-14,27-28H2,1-8H3/p-2/b43-29-,44-30+. The van der Waals surface area contributed by atoms with Crippen LogP contribution in [0, 0.1) is 11.8 Å². The van der Waals surface area contributed by atoms with E-state index >= 15 is 0 Å². The topological polar surface area (TPSA) is 86.7 Å². The van der Waals surface area contributed by atoms with Crippen LogP contribution >= 0.6 is 34.0 Å². The monoisotopic (exact) mass is 892 g/mol. The van der Waals surface area contributed by atoms with Crippen molar-refractivity contribution in [1.29, 1.82) is 0 Å². The van der Waals surface area contributed by atoms with Gasteiger partial charge in [-0.25, -0.2) is 0 Å². The van der Waals surface area contributed by atoms with Gasteiger partial charge < -0.3 is 20.0 Å². The Labute approximate surface area is 384 Å². The lowest BCUT2D eigenvalue weighted by atomic mass is 9.77. The Kier molecular flexibility index (Phi) is 11.4. The lowest BCUT2D eigenvalue weighted by Gasteiger charge is -2.37. The maximum atomic E-state index is 13.9. The molecule has 2 aromatic carbocycles. The van der Waals surface area contributed by atoms with Gasteiger partial charge in [0.05, 0.1) is 11.8 Å². The molecule has 4 aliphatic rings. The lowest BCUT2D eigenvalue weighted by molar-refractivity contribution is -0.313. The molecule has 0 spiro atoms. The van der Waals surface area contributed by atoms with E-state index in [2.05, 4.69) is 126 Å². The normalized spacial score (nSPS) is 21.2. The lowest BCUT2D eigenvalue weighted by Crippen LogP contribution is -2.37. The van der Waals surface area contributed by atoms with Gasteiger partial charge in [0.1, 0.15) is 0 Å². The highest BCUT2D eigenvalue weighted by Gasteiger charge is 2.44. The second-order valence-corrected chi connectivity index (χ2v) is 21.5. The molecule has 0 saturated carbocycles. The summed E-state index contributed by atoms with van der Waals surface area (Å²) in [6.45, 7) is 19.1. The van der Waals surface area contributed by atoms with Gasteiger partial charge in [0.2, 0.25) is 0 Å². The molecule has 63 heavy (non-hydrogen) atoms. The van der Waals surface area contributed by atoms with E-state index in [4.69, 9.17) is 0 Å². The first-order chi connectivity index (χ1) is 30.3. The van der Waals surface area contributed by atoms with Gasteiger partial charge in [0, 0.05) is 87.1 Å². The fourth-order valence-corrected chi connectivity index (χ4v) is 14.2. The molecule has 6 nitrogen and oxygen atoms in total. The van der Waals surface area contributed by atoms with E-state index in [1.165, 1.54) is 44.9 Å². The van der Waals surface area contributed by atoms with Crippen molar-refractivity contribution in [1.82, 2.24) is 0 Å². The highest BCUT2D eigenvalue weighted by Crippen LogP contribution is 2.53. The second kappa shape index (κ2) is 16.5. The molecule has 9 rings (SSSR count). The Morgan fingerprint density at radius 1 is 0.556 bits per heavy atom. The Morgan fingerprint density at radius 3 is 1.30 bits per heavy atom. The van der Waals surface area contributed by atoms with E-state index < -0.39 is 11.8 Å². The van der Waals surface area contributed by atoms with E-state index in [0.29, 0.717) is 11.1 Å². The Balaban J connectivity index is 0.987. The number of carbonyl (C=O) groups excluding carboxylic acids is 2. The third kappa shape index (κ3) is 6.83. The summed E-state index contributed by atoms with van der Waals surface area (Å²) in [6, 6.07) is 24.8. The molecule has 2 aliphatic heterocycles. The molecule has 326 valence electrons. The summed E-state index contributed by atoms with van der Waals surface area (Å²) in [5.74, 6) is -1.96. The number of carbonyl (C=O) groups is 2. The number of hydrogen-bond donors (Lipinski definition) is 0. The minimum atomic E-state index is -0.774. The number of allylic oxidation sites excluding steroid dienone is 6. The number of nitrogens with zero attached hydrogens (tertiary/aromatic N) is 2. The van der Waals surface area contributed by atoms with E-state index in [9.17, 15) is 19.8 Å². The molecule has 9 heteroatoms. The van der Waals surface area contributed by atoms with E-state index in [1.807, 2.05) is 24.3 Å². The summed E-state index contributed by atoms with van der Waals surface area (Å²) in [4.78, 5) is 38.3. The van der Waals surface area contributed by atoms with Crippen molar-refractivity contribution in [3.05, 3.63) is 140 Å². The molecule has 5 heterocycles. The maximum Gasteiger partial charge on any atom is 0.173 e. The number of fused-ring (bicyclic) bond motifs is 2. The van der Waals surface area contributed by atoms with Crippen LogP contribution in [0.25, 0.3) is 30.7 Å². The number of Topliss-reactive ketones (excluding diaryl/α,β-unsaturated/α-hetero) is 2. The van der Waals surface area contributed by atoms with E-state index in [1.54, 1.807) is 11.3 Å². The fourth-order valence-electron chi connectivity index (χ4n) is 10.3. The van der Waals surface area contributed by atoms with Gasteiger partial charge in [0.15, 0.2) is 11.6 Å². The third-order valence-electron chi connectivity index (χ3n) is 13.8. The van der Waals surface area contributed by atoms with Crippen molar-refractivity contribution >= 4 is 68.1 Å². The maximum absolute atomic E-state index is 13.9. The SMILES string of the molecule is CCCCN1/C(=C\C2C(=O)C(c3ccc(-c4sc(-c5ccc(C6=C([O-])C(/C=C7/N(CCCC)c8ccccc8C7(C)C)C6=O)s5)c(CC)c4CC)s3)=C2[O-])C(C)(C)c2ccccc21. The largest absolute Gasteiger partial charge is 0.874 e. The van der Waals surface area contributed by atoms with Crippen LogP contribution in [0.4, 0.5) is 11.4 Å². The predicted molar refractivity (Wildman–Crippen MR) is 260 cm³/mol. The van der Waals surface area contributed by atoms with Crippen LogP contribution in [-0.2, 0) is 33.3 Å². The van der Waals surface area contributed by atoms with Crippen LogP contribution in [0.1, 0.15) is 113 Å². The highest BCUT2D eigenvalue weighted by atomic mass is 32.1. The van der Waals surface area contributed by atoms with Crippen LogP contribution in [0.5, 0.6) is 0 Å². The van der Waals surface area contributed by atoms with Crippen LogP contribution < -0.4 is 20.0 Å². The molecule has 0 saturated heterocycles. The van der Waals surface area contributed by atoms with Crippen molar-refractivity contribution in [3.63, 3.8) is 0 Å². The minimum Gasteiger partial charge on any atom is -0.874 e. The molecule has 0 fully saturated rings. The number of ketones is 2. The van der Waals surface area contributed by atoms with Gasteiger partial charge in [-0.2, -0.15) is 0 Å². The summed E-state index contributed by atoms with van der Waals surface area (Å²) < 4.78 is 0. The van der Waals surface area contributed by atoms with Crippen molar-refractivity contribution in [2.75, 3.05) is 22.9 Å².